The summed E-state index contributed by atoms with van der Waals surface area (Å²) in [5.74, 6) is -0.579. The predicted molar refractivity (Wildman–Crippen MR) is 66.9 cm³/mol. The van der Waals surface area contributed by atoms with E-state index < -0.39 is 5.97 Å². The van der Waals surface area contributed by atoms with Crippen LogP contribution in [0.5, 0.6) is 0 Å². The summed E-state index contributed by atoms with van der Waals surface area (Å²) in [6.07, 6.45) is 1.35. The quantitative estimate of drug-likeness (QED) is 0.511. The van der Waals surface area contributed by atoms with Crippen LogP contribution in [-0.2, 0) is 4.74 Å². The summed E-state index contributed by atoms with van der Waals surface area (Å²) < 4.78 is 5.54. The van der Waals surface area contributed by atoms with Crippen molar-refractivity contribution in [2.45, 2.75) is 6.92 Å². The Hall–Kier alpha value is -2.15. The predicted octanol–water partition coefficient (Wildman–Crippen LogP) is 1.20. The zero-order chi connectivity index (χ0) is 13.1. The maximum absolute atomic E-state index is 11.7. The Labute approximate surface area is 107 Å². The molecule has 0 saturated carbocycles. The SMILES string of the molecule is CCOC(=O)c1nc(N)sc1-c1cccc[n+]1[O-]. The van der Waals surface area contributed by atoms with Crippen molar-refractivity contribution >= 4 is 22.4 Å². The molecule has 2 rings (SSSR count). The van der Waals surface area contributed by atoms with Crippen LogP contribution in [0.4, 0.5) is 5.13 Å². The van der Waals surface area contributed by atoms with E-state index in [9.17, 15) is 10.0 Å². The van der Waals surface area contributed by atoms with Gasteiger partial charge in [0.05, 0.1) is 6.61 Å². The Morgan fingerprint density at radius 1 is 1.61 bits per heavy atom. The molecule has 0 fully saturated rings. The van der Waals surface area contributed by atoms with Crippen molar-refractivity contribution in [1.82, 2.24) is 4.98 Å². The van der Waals surface area contributed by atoms with Crippen molar-refractivity contribution in [3.63, 3.8) is 0 Å². The molecule has 0 aliphatic rings. The first-order valence-electron chi connectivity index (χ1n) is 5.25. The first kappa shape index (κ1) is 12.3. The van der Waals surface area contributed by atoms with E-state index in [1.54, 1.807) is 25.1 Å². The van der Waals surface area contributed by atoms with E-state index in [1.165, 1.54) is 6.20 Å². The van der Waals surface area contributed by atoms with Crippen LogP contribution in [0.2, 0.25) is 0 Å². The van der Waals surface area contributed by atoms with Gasteiger partial charge in [-0.15, -0.1) is 0 Å². The van der Waals surface area contributed by atoms with E-state index >= 15 is 0 Å². The van der Waals surface area contributed by atoms with Crippen molar-refractivity contribution in [1.29, 1.82) is 0 Å². The van der Waals surface area contributed by atoms with Crippen molar-refractivity contribution in [3.8, 4) is 10.6 Å². The van der Waals surface area contributed by atoms with Crippen LogP contribution >= 0.6 is 11.3 Å². The molecule has 0 aliphatic carbocycles. The number of ether oxygens (including phenoxy) is 1. The number of anilines is 1. The van der Waals surface area contributed by atoms with Gasteiger partial charge in [0, 0.05) is 12.1 Å². The minimum atomic E-state index is -0.579. The summed E-state index contributed by atoms with van der Waals surface area (Å²) in [5.41, 5.74) is 6.00. The van der Waals surface area contributed by atoms with Crippen molar-refractivity contribution in [2.75, 3.05) is 12.3 Å². The number of nitrogens with two attached hydrogens (primary N) is 1. The molecule has 0 amide bonds. The third kappa shape index (κ3) is 2.25. The van der Waals surface area contributed by atoms with Crippen molar-refractivity contribution in [3.05, 3.63) is 35.3 Å². The highest BCUT2D eigenvalue weighted by molar-refractivity contribution is 7.19. The first-order chi connectivity index (χ1) is 8.63. The average Bonchev–Trinajstić information content (AvgIpc) is 2.72. The van der Waals surface area contributed by atoms with Gasteiger partial charge >= 0.3 is 5.97 Å². The fourth-order valence-corrected chi connectivity index (χ4v) is 2.29. The van der Waals surface area contributed by atoms with Crippen LogP contribution in [0.3, 0.4) is 0 Å². The van der Waals surface area contributed by atoms with Crippen molar-refractivity contribution in [2.24, 2.45) is 0 Å². The molecule has 2 N–H and O–H groups in total. The second kappa shape index (κ2) is 5.01. The summed E-state index contributed by atoms with van der Waals surface area (Å²) in [6, 6.07) is 4.90. The molecule has 6 nitrogen and oxygen atoms in total. The summed E-state index contributed by atoms with van der Waals surface area (Å²) in [4.78, 5) is 16.1. The van der Waals surface area contributed by atoms with Crippen LogP contribution < -0.4 is 10.5 Å². The van der Waals surface area contributed by atoms with Crippen LogP contribution in [0, 0.1) is 5.21 Å². The molecule has 94 valence electrons. The van der Waals surface area contributed by atoms with Crippen LogP contribution in [0.25, 0.3) is 10.6 Å². The Morgan fingerprint density at radius 3 is 3.06 bits per heavy atom. The van der Waals surface area contributed by atoms with Gasteiger partial charge < -0.3 is 15.7 Å². The Morgan fingerprint density at radius 2 is 2.39 bits per heavy atom. The molecule has 0 saturated heterocycles. The number of rotatable bonds is 3. The van der Waals surface area contributed by atoms with Gasteiger partial charge in [-0.3, -0.25) is 0 Å². The smallest absolute Gasteiger partial charge is 0.358 e. The monoisotopic (exact) mass is 265 g/mol. The molecular weight excluding hydrogens is 254 g/mol. The van der Waals surface area contributed by atoms with Gasteiger partial charge in [0.2, 0.25) is 5.69 Å². The van der Waals surface area contributed by atoms with Gasteiger partial charge in [-0.1, -0.05) is 11.3 Å². The highest BCUT2D eigenvalue weighted by atomic mass is 32.1. The Bertz CT molecular complexity index is 583. The number of hydrogen-bond acceptors (Lipinski definition) is 6. The number of aromatic nitrogens is 2. The summed E-state index contributed by atoms with van der Waals surface area (Å²) in [6.45, 7) is 1.94. The van der Waals surface area contributed by atoms with E-state index in [4.69, 9.17) is 10.5 Å². The van der Waals surface area contributed by atoms with E-state index in [0.717, 1.165) is 11.3 Å². The zero-order valence-electron chi connectivity index (χ0n) is 9.62. The normalized spacial score (nSPS) is 10.3. The molecule has 2 aromatic heterocycles. The van der Waals surface area contributed by atoms with E-state index in [2.05, 4.69) is 4.98 Å². The van der Waals surface area contributed by atoms with Crippen molar-refractivity contribution < 1.29 is 14.3 Å². The zero-order valence-corrected chi connectivity index (χ0v) is 10.4. The standard InChI is InChI=1S/C11H11N3O3S/c1-2-17-10(15)8-9(18-11(12)13-8)7-5-3-4-6-14(7)16/h3-6H,2H2,1H3,(H2,12,13). The third-order valence-electron chi connectivity index (χ3n) is 2.17. The van der Waals surface area contributed by atoms with Crippen LogP contribution in [0.15, 0.2) is 24.4 Å². The molecular formula is C11H11N3O3S. The summed E-state index contributed by atoms with van der Waals surface area (Å²) >= 11 is 1.08. The van der Waals surface area contributed by atoms with E-state index in [0.29, 0.717) is 15.3 Å². The molecule has 0 atom stereocenters. The largest absolute Gasteiger partial charge is 0.618 e. The fourth-order valence-electron chi connectivity index (χ4n) is 1.45. The summed E-state index contributed by atoms with van der Waals surface area (Å²) in [7, 11) is 0. The summed E-state index contributed by atoms with van der Waals surface area (Å²) in [5, 5.41) is 11.9. The maximum atomic E-state index is 11.7. The number of hydrogen-bond donors (Lipinski definition) is 1. The van der Waals surface area contributed by atoms with Crippen LogP contribution in [0.1, 0.15) is 17.4 Å². The first-order valence-corrected chi connectivity index (χ1v) is 6.07. The second-order valence-corrected chi connectivity index (χ2v) is 4.39. The molecule has 0 spiro atoms. The molecule has 0 radical (unpaired) electrons. The lowest BCUT2D eigenvalue weighted by atomic mass is 10.2. The highest BCUT2D eigenvalue weighted by Crippen LogP contribution is 2.29. The Balaban J connectivity index is 2.51. The average molecular weight is 265 g/mol. The van der Waals surface area contributed by atoms with Gasteiger partial charge in [0.15, 0.2) is 17.0 Å². The number of carbonyl (C=O) groups is 1. The molecule has 0 unspecified atom stereocenters. The molecule has 2 heterocycles. The lowest BCUT2D eigenvalue weighted by Gasteiger charge is -2.03. The number of thiazole rings is 1. The topological polar surface area (TPSA) is 92.1 Å². The van der Waals surface area contributed by atoms with Gasteiger partial charge in [-0.25, -0.2) is 9.78 Å². The lowest BCUT2D eigenvalue weighted by Crippen LogP contribution is -2.28. The van der Waals surface area contributed by atoms with E-state index in [1.807, 2.05) is 0 Å². The lowest BCUT2D eigenvalue weighted by molar-refractivity contribution is -0.593. The minimum Gasteiger partial charge on any atom is -0.618 e. The third-order valence-corrected chi connectivity index (χ3v) is 3.08. The van der Waals surface area contributed by atoms with E-state index in [-0.39, 0.29) is 17.4 Å². The maximum Gasteiger partial charge on any atom is 0.358 e. The molecule has 18 heavy (non-hydrogen) atoms. The fraction of sp³-hybridized carbons (Fsp3) is 0.182. The second-order valence-electron chi connectivity index (χ2n) is 3.36. The number of pyridine rings is 1. The molecule has 0 aliphatic heterocycles. The molecule has 7 heteroatoms. The van der Waals surface area contributed by atoms with Gasteiger partial charge in [-0.2, -0.15) is 4.73 Å². The molecule has 0 aromatic carbocycles. The minimum absolute atomic E-state index is 0.0788. The molecule has 2 aromatic rings. The number of nitrogens with zero attached hydrogens (tertiary/aromatic N) is 2. The van der Waals surface area contributed by atoms with Gasteiger partial charge in [0.1, 0.15) is 4.88 Å². The van der Waals surface area contributed by atoms with Gasteiger partial charge in [-0.05, 0) is 13.0 Å². The number of carbonyl (C=O) groups excluding carboxylic acids is 1. The van der Waals surface area contributed by atoms with Gasteiger partial charge in [0.25, 0.3) is 0 Å². The Kier molecular flexibility index (Phi) is 3.42. The number of nitrogen functional groups attached to an aromatic ring is 1. The number of esters is 1. The molecule has 0 bridgehead atoms. The highest BCUT2D eigenvalue weighted by Gasteiger charge is 2.24. The van der Waals surface area contributed by atoms with Crippen LogP contribution in [-0.4, -0.2) is 17.6 Å².